The number of carboxylic acids is 1. The van der Waals surface area contributed by atoms with Crippen LogP contribution >= 0.6 is 11.6 Å². The van der Waals surface area contributed by atoms with E-state index in [0.717, 1.165) is 0 Å². The largest absolute Gasteiger partial charge is 0.495 e. The minimum atomic E-state index is -0.990. The lowest BCUT2D eigenvalue weighted by Gasteiger charge is -2.26. The molecule has 21 heavy (non-hydrogen) atoms. The SMILES string of the molecule is COc1ccccc1NC(=O)C1CC(Cl)=CCC1C(=O)O. The van der Waals surface area contributed by atoms with E-state index in [1.807, 2.05) is 0 Å². The van der Waals surface area contributed by atoms with Crippen LogP contribution < -0.4 is 10.1 Å². The second kappa shape index (κ2) is 6.63. The molecule has 1 aliphatic rings. The minimum Gasteiger partial charge on any atom is -0.495 e. The van der Waals surface area contributed by atoms with Gasteiger partial charge in [0.05, 0.1) is 24.6 Å². The number of allylic oxidation sites excluding steroid dienone is 2. The fourth-order valence-corrected chi connectivity index (χ4v) is 2.63. The summed E-state index contributed by atoms with van der Waals surface area (Å²) in [5, 5.41) is 12.5. The first-order valence-corrected chi connectivity index (χ1v) is 6.92. The number of hydrogen-bond acceptors (Lipinski definition) is 3. The Morgan fingerprint density at radius 3 is 2.71 bits per heavy atom. The van der Waals surface area contributed by atoms with Crippen molar-refractivity contribution < 1.29 is 19.4 Å². The quantitative estimate of drug-likeness (QED) is 0.896. The van der Waals surface area contributed by atoms with E-state index in [0.29, 0.717) is 16.5 Å². The van der Waals surface area contributed by atoms with Crippen molar-refractivity contribution in [2.45, 2.75) is 12.8 Å². The van der Waals surface area contributed by atoms with Crippen LogP contribution in [-0.4, -0.2) is 24.1 Å². The molecule has 1 amide bonds. The molecule has 0 radical (unpaired) electrons. The van der Waals surface area contributed by atoms with Gasteiger partial charge in [-0.15, -0.1) is 0 Å². The van der Waals surface area contributed by atoms with Gasteiger partial charge in [-0.1, -0.05) is 29.8 Å². The number of benzene rings is 1. The van der Waals surface area contributed by atoms with Crippen molar-refractivity contribution >= 4 is 29.2 Å². The lowest BCUT2D eigenvalue weighted by molar-refractivity contribution is -0.146. The Morgan fingerprint density at radius 1 is 1.33 bits per heavy atom. The Balaban J connectivity index is 2.18. The molecule has 0 saturated carbocycles. The molecule has 6 heteroatoms. The van der Waals surface area contributed by atoms with Gasteiger partial charge in [0, 0.05) is 5.03 Å². The summed E-state index contributed by atoms with van der Waals surface area (Å²) < 4.78 is 5.16. The number of carbonyl (C=O) groups is 2. The number of carbonyl (C=O) groups excluding carboxylic acids is 1. The van der Waals surface area contributed by atoms with Crippen LogP contribution in [0.15, 0.2) is 35.4 Å². The summed E-state index contributed by atoms with van der Waals surface area (Å²) in [7, 11) is 1.51. The average Bonchev–Trinajstić information content (AvgIpc) is 2.47. The van der Waals surface area contributed by atoms with Crippen molar-refractivity contribution in [1.82, 2.24) is 0 Å². The zero-order chi connectivity index (χ0) is 15.4. The molecule has 1 aromatic rings. The van der Waals surface area contributed by atoms with Gasteiger partial charge in [-0.3, -0.25) is 9.59 Å². The Hall–Kier alpha value is -2.01. The van der Waals surface area contributed by atoms with Crippen molar-refractivity contribution in [2.24, 2.45) is 11.8 Å². The van der Waals surface area contributed by atoms with E-state index in [2.05, 4.69) is 5.32 Å². The first kappa shape index (κ1) is 15.4. The molecule has 2 rings (SSSR count). The summed E-state index contributed by atoms with van der Waals surface area (Å²) in [6, 6.07) is 6.97. The maximum absolute atomic E-state index is 12.4. The van der Waals surface area contributed by atoms with E-state index in [9.17, 15) is 14.7 Å². The Labute approximate surface area is 127 Å². The number of methoxy groups -OCH3 is 1. The molecular formula is C15H16ClNO4. The molecule has 0 aliphatic heterocycles. The summed E-state index contributed by atoms with van der Waals surface area (Å²) >= 11 is 5.95. The van der Waals surface area contributed by atoms with Crippen LogP contribution in [0.2, 0.25) is 0 Å². The second-order valence-corrected chi connectivity index (χ2v) is 5.32. The number of para-hydroxylation sites is 2. The van der Waals surface area contributed by atoms with Gasteiger partial charge >= 0.3 is 5.97 Å². The Morgan fingerprint density at radius 2 is 2.05 bits per heavy atom. The van der Waals surface area contributed by atoms with Crippen LogP contribution in [0, 0.1) is 11.8 Å². The number of halogens is 1. The topological polar surface area (TPSA) is 75.6 Å². The van der Waals surface area contributed by atoms with Crippen LogP contribution in [0.4, 0.5) is 5.69 Å². The molecule has 1 aromatic carbocycles. The summed E-state index contributed by atoms with van der Waals surface area (Å²) in [5.41, 5.74) is 0.514. The van der Waals surface area contributed by atoms with Gasteiger partial charge in [-0.2, -0.15) is 0 Å². The van der Waals surface area contributed by atoms with E-state index >= 15 is 0 Å². The van der Waals surface area contributed by atoms with E-state index in [4.69, 9.17) is 16.3 Å². The molecule has 2 N–H and O–H groups in total. The van der Waals surface area contributed by atoms with E-state index in [1.165, 1.54) is 7.11 Å². The van der Waals surface area contributed by atoms with Crippen LogP contribution in [-0.2, 0) is 9.59 Å². The van der Waals surface area contributed by atoms with Crippen molar-refractivity contribution in [3.63, 3.8) is 0 Å². The van der Waals surface area contributed by atoms with Gasteiger partial charge < -0.3 is 15.2 Å². The highest BCUT2D eigenvalue weighted by atomic mass is 35.5. The maximum Gasteiger partial charge on any atom is 0.307 e. The van der Waals surface area contributed by atoms with E-state index < -0.39 is 17.8 Å². The van der Waals surface area contributed by atoms with E-state index in [1.54, 1.807) is 30.3 Å². The van der Waals surface area contributed by atoms with Crippen molar-refractivity contribution in [1.29, 1.82) is 0 Å². The molecule has 2 atom stereocenters. The summed E-state index contributed by atoms with van der Waals surface area (Å²) in [5.74, 6) is -2.28. The lowest BCUT2D eigenvalue weighted by atomic mass is 9.82. The van der Waals surface area contributed by atoms with Gasteiger partial charge in [0.1, 0.15) is 5.75 Å². The van der Waals surface area contributed by atoms with Gasteiger partial charge in [0.25, 0.3) is 0 Å². The lowest BCUT2D eigenvalue weighted by Crippen LogP contribution is -2.35. The fourth-order valence-electron chi connectivity index (χ4n) is 2.38. The number of carboxylic acid groups (broad SMARTS) is 1. The van der Waals surface area contributed by atoms with Crippen LogP contribution in [0.1, 0.15) is 12.8 Å². The second-order valence-electron chi connectivity index (χ2n) is 4.83. The third-order valence-corrected chi connectivity index (χ3v) is 3.82. The highest BCUT2D eigenvalue weighted by Crippen LogP contribution is 2.33. The standard InChI is InChI=1S/C15H16ClNO4/c1-21-13-5-3-2-4-12(13)17-14(18)11-8-9(16)6-7-10(11)15(19)20/h2-6,10-11H,7-8H2,1H3,(H,17,18)(H,19,20). The highest BCUT2D eigenvalue weighted by Gasteiger charge is 2.36. The highest BCUT2D eigenvalue weighted by molar-refractivity contribution is 6.29. The molecule has 0 aromatic heterocycles. The number of rotatable bonds is 4. The number of nitrogens with one attached hydrogen (secondary N) is 1. The summed E-state index contributed by atoms with van der Waals surface area (Å²) in [4.78, 5) is 23.7. The van der Waals surface area contributed by atoms with Crippen molar-refractivity contribution in [3.05, 3.63) is 35.4 Å². The molecule has 1 aliphatic carbocycles. The number of amides is 1. The number of anilines is 1. The van der Waals surface area contributed by atoms with Crippen LogP contribution in [0.25, 0.3) is 0 Å². The first-order chi connectivity index (χ1) is 10.0. The normalized spacial score (nSPS) is 21.3. The predicted octanol–water partition coefficient (Wildman–Crippen LogP) is 2.87. The van der Waals surface area contributed by atoms with Gasteiger partial charge in [0.2, 0.25) is 5.91 Å². The molecule has 0 fully saturated rings. The van der Waals surface area contributed by atoms with E-state index in [-0.39, 0.29) is 18.7 Å². The van der Waals surface area contributed by atoms with Gasteiger partial charge in [0.15, 0.2) is 0 Å². The van der Waals surface area contributed by atoms with Crippen molar-refractivity contribution in [2.75, 3.05) is 12.4 Å². The third-order valence-electron chi connectivity index (χ3n) is 3.51. The smallest absolute Gasteiger partial charge is 0.307 e. The Bertz CT molecular complexity index is 585. The van der Waals surface area contributed by atoms with Crippen LogP contribution in [0.5, 0.6) is 5.75 Å². The minimum absolute atomic E-state index is 0.236. The molecule has 2 unspecified atom stereocenters. The molecule has 0 bridgehead atoms. The molecule has 0 spiro atoms. The Kier molecular flexibility index (Phi) is 4.85. The molecular weight excluding hydrogens is 294 g/mol. The predicted molar refractivity (Wildman–Crippen MR) is 79.4 cm³/mol. The monoisotopic (exact) mass is 309 g/mol. The molecule has 0 saturated heterocycles. The summed E-state index contributed by atoms with van der Waals surface area (Å²) in [6.07, 6.45) is 2.16. The van der Waals surface area contributed by atoms with Crippen molar-refractivity contribution in [3.8, 4) is 5.75 Å². The number of ether oxygens (including phenoxy) is 1. The zero-order valence-corrected chi connectivity index (χ0v) is 12.3. The number of aliphatic carboxylic acids is 1. The van der Waals surface area contributed by atoms with Gasteiger partial charge in [-0.05, 0) is 25.0 Å². The first-order valence-electron chi connectivity index (χ1n) is 6.54. The summed E-state index contributed by atoms with van der Waals surface area (Å²) in [6.45, 7) is 0. The molecule has 112 valence electrons. The zero-order valence-electron chi connectivity index (χ0n) is 11.5. The third kappa shape index (κ3) is 3.55. The fraction of sp³-hybridized carbons (Fsp3) is 0.333. The average molecular weight is 310 g/mol. The van der Waals surface area contributed by atoms with Crippen LogP contribution in [0.3, 0.4) is 0 Å². The molecule has 0 heterocycles. The molecule has 5 nitrogen and oxygen atoms in total. The van der Waals surface area contributed by atoms with Gasteiger partial charge in [-0.25, -0.2) is 0 Å². The maximum atomic E-state index is 12.4. The number of hydrogen-bond donors (Lipinski definition) is 2.